The van der Waals surface area contributed by atoms with Crippen LogP contribution in [0, 0.1) is 11.6 Å². The summed E-state index contributed by atoms with van der Waals surface area (Å²) in [5, 5.41) is 0. The molecule has 14 heavy (non-hydrogen) atoms. The van der Waals surface area contributed by atoms with Gasteiger partial charge in [-0.25, -0.2) is 8.78 Å². The zero-order valence-electron chi connectivity index (χ0n) is 8.06. The summed E-state index contributed by atoms with van der Waals surface area (Å²) in [6, 6.07) is 2.97. The lowest BCUT2D eigenvalue weighted by atomic mass is 10.0. The van der Waals surface area contributed by atoms with Crippen molar-refractivity contribution in [3.63, 3.8) is 0 Å². The summed E-state index contributed by atoms with van der Waals surface area (Å²) in [6.45, 7) is 5.51. The largest absolute Gasteiger partial charge is 0.324 e. The van der Waals surface area contributed by atoms with Crippen molar-refractivity contribution in [2.45, 2.75) is 19.4 Å². The lowest BCUT2D eigenvalue weighted by molar-refractivity contribution is 0.554. The Morgan fingerprint density at radius 2 is 2.14 bits per heavy atom. The minimum absolute atomic E-state index is 0.328. The predicted octanol–water partition coefficient (Wildman–Crippen LogP) is 2.93. The van der Waals surface area contributed by atoms with Crippen molar-refractivity contribution < 1.29 is 8.78 Å². The van der Waals surface area contributed by atoms with Crippen LogP contribution in [0.1, 0.15) is 24.9 Å². The highest BCUT2D eigenvalue weighted by Crippen LogP contribution is 2.21. The van der Waals surface area contributed by atoms with E-state index in [4.69, 9.17) is 5.73 Å². The molecule has 0 aliphatic rings. The van der Waals surface area contributed by atoms with Crippen LogP contribution in [-0.2, 0) is 0 Å². The number of benzene rings is 1. The van der Waals surface area contributed by atoms with Gasteiger partial charge in [0.2, 0.25) is 0 Å². The van der Waals surface area contributed by atoms with Crippen LogP contribution in [0.15, 0.2) is 30.4 Å². The molecule has 2 N–H and O–H groups in total. The molecule has 1 aromatic carbocycles. The maximum absolute atomic E-state index is 13.2. The normalized spacial score (nSPS) is 12.6. The molecule has 0 amide bonds. The van der Waals surface area contributed by atoms with Gasteiger partial charge in [0.1, 0.15) is 11.6 Å². The van der Waals surface area contributed by atoms with Gasteiger partial charge in [-0.3, -0.25) is 0 Å². The quantitative estimate of drug-likeness (QED) is 0.741. The predicted molar refractivity (Wildman–Crippen MR) is 52.7 cm³/mol. The molecule has 0 heterocycles. The van der Waals surface area contributed by atoms with Gasteiger partial charge in [-0.15, -0.1) is 6.58 Å². The molecule has 1 rings (SSSR count). The van der Waals surface area contributed by atoms with Gasteiger partial charge in [-0.2, -0.15) is 0 Å². The second kappa shape index (κ2) is 4.33. The maximum Gasteiger partial charge on any atom is 0.130 e. The van der Waals surface area contributed by atoms with Gasteiger partial charge < -0.3 is 5.73 Å². The minimum Gasteiger partial charge on any atom is -0.324 e. The van der Waals surface area contributed by atoms with E-state index < -0.39 is 17.7 Å². The van der Waals surface area contributed by atoms with E-state index in [-0.39, 0.29) is 0 Å². The summed E-state index contributed by atoms with van der Waals surface area (Å²) in [6.07, 6.45) is 0.503. The first-order valence-electron chi connectivity index (χ1n) is 4.35. The first-order chi connectivity index (χ1) is 6.50. The number of hydrogen-bond donors (Lipinski definition) is 1. The zero-order chi connectivity index (χ0) is 10.7. The van der Waals surface area contributed by atoms with Gasteiger partial charge in [-0.05, 0) is 19.4 Å². The molecule has 0 aliphatic carbocycles. The van der Waals surface area contributed by atoms with Gasteiger partial charge in [0.15, 0.2) is 0 Å². The zero-order valence-corrected chi connectivity index (χ0v) is 8.06. The average Bonchev–Trinajstić information content (AvgIpc) is 2.01. The van der Waals surface area contributed by atoms with E-state index in [1.807, 2.05) is 6.92 Å². The second-order valence-electron chi connectivity index (χ2n) is 3.43. The third kappa shape index (κ3) is 2.64. The number of rotatable bonds is 3. The van der Waals surface area contributed by atoms with Crippen LogP contribution in [0.5, 0.6) is 0 Å². The Balaban J connectivity index is 2.90. The van der Waals surface area contributed by atoms with E-state index in [0.29, 0.717) is 12.0 Å². The molecule has 0 aromatic heterocycles. The molecule has 0 bridgehead atoms. The van der Waals surface area contributed by atoms with Crippen molar-refractivity contribution in [2.75, 3.05) is 0 Å². The molecule has 0 saturated carbocycles. The molecular formula is C11H13F2N. The molecule has 3 heteroatoms. The fraction of sp³-hybridized carbons (Fsp3) is 0.273. The maximum atomic E-state index is 13.2. The van der Waals surface area contributed by atoms with Crippen LogP contribution in [0.4, 0.5) is 8.78 Å². The molecule has 0 spiro atoms. The van der Waals surface area contributed by atoms with Crippen molar-refractivity contribution in [3.05, 3.63) is 47.5 Å². The van der Waals surface area contributed by atoms with Crippen molar-refractivity contribution >= 4 is 0 Å². The van der Waals surface area contributed by atoms with Crippen molar-refractivity contribution in [3.8, 4) is 0 Å². The molecule has 1 aromatic rings. The number of hydrogen-bond acceptors (Lipinski definition) is 1. The summed E-state index contributed by atoms with van der Waals surface area (Å²) in [5.74, 6) is -1.19. The first kappa shape index (κ1) is 10.9. The topological polar surface area (TPSA) is 26.0 Å². The monoisotopic (exact) mass is 197 g/mol. The Hall–Kier alpha value is -1.22. The van der Waals surface area contributed by atoms with Crippen molar-refractivity contribution in [1.29, 1.82) is 0 Å². The fourth-order valence-corrected chi connectivity index (χ4v) is 1.29. The van der Waals surface area contributed by atoms with Crippen LogP contribution in [0.2, 0.25) is 0 Å². The molecule has 1 atom stereocenters. The van der Waals surface area contributed by atoms with Crippen LogP contribution < -0.4 is 5.73 Å². The number of halogens is 2. The third-order valence-corrected chi connectivity index (χ3v) is 1.93. The van der Waals surface area contributed by atoms with Gasteiger partial charge in [0.25, 0.3) is 0 Å². The summed E-state index contributed by atoms with van der Waals surface area (Å²) < 4.78 is 25.8. The van der Waals surface area contributed by atoms with E-state index in [0.717, 1.165) is 11.6 Å². The Labute approximate surface area is 82.2 Å². The van der Waals surface area contributed by atoms with Gasteiger partial charge in [0, 0.05) is 17.7 Å². The first-order valence-corrected chi connectivity index (χ1v) is 4.35. The van der Waals surface area contributed by atoms with Crippen molar-refractivity contribution in [1.82, 2.24) is 0 Å². The molecule has 76 valence electrons. The van der Waals surface area contributed by atoms with E-state index in [1.165, 1.54) is 12.1 Å². The summed E-state index contributed by atoms with van der Waals surface area (Å²) in [5.41, 5.74) is 6.93. The Morgan fingerprint density at radius 3 is 2.64 bits per heavy atom. The smallest absolute Gasteiger partial charge is 0.130 e. The average molecular weight is 197 g/mol. The molecule has 0 aliphatic heterocycles. The second-order valence-corrected chi connectivity index (χ2v) is 3.43. The fourth-order valence-electron chi connectivity index (χ4n) is 1.29. The van der Waals surface area contributed by atoms with Crippen LogP contribution in [0.25, 0.3) is 0 Å². The molecular weight excluding hydrogens is 184 g/mol. The van der Waals surface area contributed by atoms with E-state index in [1.54, 1.807) is 0 Å². The minimum atomic E-state index is -0.598. The van der Waals surface area contributed by atoms with Crippen LogP contribution >= 0.6 is 0 Å². The SMILES string of the molecule is C=C(C)C[C@@H](N)c1ccc(F)cc1F. The summed E-state index contributed by atoms with van der Waals surface area (Å²) >= 11 is 0. The molecule has 1 nitrogen and oxygen atoms in total. The summed E-state index contributed by atoms with van der Waals surface area (Å²) in [4.78, 5) is 0. The standard InChI is InChI=1S/C11H13F2N/c1-7(2)5-11(14)9-4-3-8(12)6-10(9)13/h3-4,6,11H,1,5,14H2,2H3/t11-/m1/s1. The highest BCUT2D eigenvalue weighted by molar-refractivity contribution is 5.23. The molecule has 0 saturated heterocycles. The molecule has 0 unspecified atom stereocenters. The Bertz CT molecular complexity index is 347. The number of nitrogens with two attached hydrogens (primary N) is 1. The van der Waals surface area contributed by atoms with Gasteiger partial charge in [-0.1, -0.05) is 11.6 Å². The van der Waals surface area contributed by atoms with Crippen molar-refractivity contribution in [2.24, 2.45) is 5.73 Å². The molecule has 0 radical (unpaired) electrons. The lowest BCUT2D eigenvalue weighted by Crippen LogP contribution is -2.12. The highest BCUT2D eigenvalue weighted by Gasteiger charge is 2.11. The highest BCUT2D eigenvalue weighted by atomic mass is 19.1. The van der Waals surface area contributed by atoms with Crippen LogP contribution in [0.3, 0.4) is 0 Å². The van der Waals surface area contributed by atoms with Gasteiger partial charge in [0.05, 0.1) is 0 Å². The van der Waals surface area contributed by atoms with E-state index >= 15 is 0 Å². The third-order valence-electron chi connectivity index (χ3n) is 1.93. The lowest BCUT2D eigenvalue weighted by Gasteiger charge is -2.12. The summed E-state index contributed by atoms with van der Waals surface area (Å²) in [7, 11) is 0. The Morgan fingerprint density at radius 1 is 1.50 bits per heavy atom. The van der Waals surface area contributed by atoms with E-state index in [9.17, 15) is 8.78 Å². The van der Waals surface area contributed by atoms with Crippen LogP contribution in [-0.4, -0.2) is 0 Å². The van der Waals surface area contributed by atoms with E-state index in [2.05, 4.69) is 6.58 Å². The van der Waals surface area contributed by atoms with Gasteiger partial charge >= 0.3 is 0 Å². The molecule has 0 fully saturated rings. The Kier molecular flexibility index (Phi) is 3.36.